The first kappa shape index (κ1) is 17.2. The highest BCUT2D eigenvalue weighted by molar-refractivity contribution is 7.09. The van der Waals surface area contributed by atoms with Crippen molar-refractivity contribution in [2.75, 3.05) is 5.32 Å². The number of nitrogens with two attached hydrogens (primary N) is 1. The van der Waals surface area contributed by atoms with E-state index in [0.717, 1.165) is 29.2 Å². The van der Waals surface area contributed by atoms with Crippen molar-refractivity contribution in [1.29, 1.82) is 0 Å². The second kappa shape index (κ2) is 8.44. The molecule has 5 heteroatoms. The van der Waals surface area contributed by atoms with Crippen LogP contribution in [0.4, 0.5) is 5.69 Å². The highest BCUT2D eigenvalue weighted by atomic mass is 32.1. The van der Waals surface area contributed by atoms with E-state index in [0.29, 0.717) is 12.5 Å². The zero-order valence-corrected chi connectivity index (χ0v) is 15.1. The maximum Gasteiger partial charge on any atom is 0.193 e. The predicted octanol–water partition coefficient (Wildman–Crippen LogP) is 4.16. The summed E-state index contributed by atoms with van der Waals surface area (Å²) in [6.07, 6.45) is 1.96. The Kier molecular flexibility index (Phi) is 5.80. The monoisotopic (exact) mass is 350 g/mol. The van der Waals surface area contributed by atoms with Crippen molar-refractivity contribution in [2.24, 2.45) is 10.7 Å². The molecule has 128 valence electrons. The van der Waals surface area contributed by atoms with Gasteiger partial charge >= 0.3 is 0 Å². The van der Waals surface area contributed by atoms with Crippen molar-refractivity contribution in [1.82, 2.24) is 4.98 Å². The summed E-state index contributed by atoms with van der Waals surface area (Å²) < 4.78 is 0. The summed E-state index contributed by atoms with van der Waals surface area (Å²) in [5.74, 6) is 0.405. The van der Waals surface area contributed by atoms with Crippen molar-refractivity contribution < 1.29 is 0 Å². The molecule has 1 aromatic heterocycles. The van der Waals surface area contributed by atoms with Crippen LogP contribution in [0.2, 0.25) is 0 Å². The molecular formula is C20H22N4S. The average Bonchev–Trinajstić information content (AvgIpc) is 3.09. The standard InChI is InChI=1S/C20H22N4S/c1-15-7-10-17(11-8-15)24-20(21)22-13-18-14-25-19(23-18)12-9-16-5-3-2-4-6-16/h2-8,10-11,14H,9,12-13H2,1H3,(H3,21,22,24). The normalized spacial score (nSPS) is 11.5. The van der Waals surface area contributed by atoms with E-state index in [9.17, 15) is 0 Å². The Hall–Kier alpha value is -2.66. The van der Waals surface area contributed by atoms with Gasteiger partial charge in [-0.3, -0.25) is 0 Å². The topological polar surface area (TPSA) is 63.3 Å². The number of aryl methyl sites for hydroxylation is 3. The van der Waals surface area contributed by atoms with Gasteiger partial charge in [0, 0.05) is 17.5 Å². The molecule has 1 heterocycles. The number of benzene rings is 2. The van der Waals surface area contributed by atoms with Crippen molar-refractivity contribution in [3.63, 3.8) is 0 Å². The molecule has 0 spiro atoms. The van der Waals surface area contributed by atoms with Crippen molar-refractivity contribution in [2.45, 2.75) is 26.3 Å². The SMILES string of the molecule is Cc1ccc(NC(N)=NCc2csc(CCc3ccccc3)n2)cc1. The van der Waals surface area contributed by atoms with Crippen LogP contribution in [0.15, 0.2) is 65.0 Å². The number of nitrogens with zero attached hydrogens (tertiary/aromatic N) is 2. The number of thiazole rings is 1. The van der Waals surface area contributed by atoms with Gasteiger partial charge in [0.25, 0.3) is 0 Å². The second-order valence-electron chi connectivity index (χ2n) is 5.91. The Morgan fingerprint density at radius 1 is 1.08 bits per heavy atom. The van der Waals surface area contributed by atoms with Crippen LogP contribution in [0.3, 0.4) is 0 Å². The molecule has 3 N–H and O–H groups in total. The summed E-state index contributed by atoms with van der Waals surface area (Å²) in [5.41, 5.74) is 10.4. The summed E-state index contributed by atoms with van der Waals surface area (Å²) >= 11 is 1.68. The Balaban J connectivity index is 1.51. The number of aromatic nitrogens is 1. The number of anilines is 1. The Morgan fingerprint density at radius 3 is 2.60 bits per heavy atom. The van der Waals surface area contributed by atoms with E-state index in [4.69, 9.17) is 5.73 Å². The molecule has 0 bridgehead atoms. The van der Waals surface area contributed by atoms with Gasteiger partial charge in [0.05, 0.1) is 17.2 Å². The zero-order valence-electron chi connectivity index (χ0n) is 14.3. The zero-order chi connectivity index (χ0) is 17.5. The third-order valence-electron chi connectivity index (χ3n) is 3.81. The van der Waals surface area contributed by atoms with E-state index >= 15 is 0 Å². The predicted molar refractivity (Wildman–Crippen MR) is 106 cm³/mol. The first-order valence-electron chi connectivity index (χ1n) is 8.30. The van der Waals surface area contributed by atoms with Gasteiger partial charge in [-0.25, -0.2) is 9.98 Å². The molecule has 0 aliphatic heterocycles. The second-order valence-corrected chi connectivity index (χ2v) is 6.85. The number of nitrogens with one attached hydrogen (secondary N) is 1. The molecule has 0 aliphatic rings. The summed E-state index contributed by atoms with van der Waals surface area (Å²) in [6.45, 7) is 2.55. The van der Waals surface area contributed by atoms with Gasteiger partial charge in [-0.1, -0.05) is 48.0 Å². The van der Waals surface area contributed by atoms with E-state index in [1.54, 1.807) is 11.3 Å². The lowest BCUT2D eigenvalue weighted by Crippen LogP contribution is -2.22. The third-order valence-corrected chi connectivity index (χ3v) is 4.76. The van der Waals surface area contributed by atoms with Crippen LogP contribution in [-0.2, 0) is 19.4 Å². The van der Waals surface area contributed by atoms with E-state index in [2.05, 4.69) is 51.9 Å². The largest absolute Gasteiger partial charge is 0.370 e. The molecule has 25 heavy (non-hydrogen) atoms. The molecule has 4 nitrogen and oxygen atoms in total. The lowest BCUT2D eigenvalue weighted by Gasteiger charge is -2.05. The van der Waals surface area contributed by atoms with Crippen LogP contribution >= 0.6 is 11.3 Å². The molecule has 0 saturated heterocycles. The fourth-order valence-electron chi connectivity index (χ4n) is 2.42. The summed E-state index contributed by atoms with van der Waals surface area (Å²) in [5, 5.41) is 6.29. The fourth-order valence-corrected chi connectivity index (χ4v) is 3.21. The van der Waals surface area contributed by atoms with Gasteiger partial charge < -0.3 is 11.1 Å². The van der Waals surface area contributed by atoms with Crippen LogP contribution in [0, 0.1) is 6.92 Å². The summed E-state index contributed by atoms with van der Waals surface area (Å²) in [6, 6.07) is 18.5. The third kappa shape index (κ3) is 5.43. The number of hydrogen-bond donors (Lipinski definition) is 2. The Bertz CT molecular complexity index is 822. The first-order chi connectivity index (χ1) is 12.2. The van der Waals surface area contributed by atoms with E-state index < -0.39 is 0 Å². The molecule has 3 aromatic rings. The van der Waals surface area contributed by atoms with Crippen molar-refractivity contribution >= 4 is 23.0 Å². The molecule has 0 amide bonds. The number of rotatable bonds is 6. The molecule has 0 fully saturated rings. The first-order valence-corrected chi connectivity index (χ1v) is 9.18. The number of hydrogen-bond acceptors (Lipinski definition) is 3. The fraction of sp³-hybridized carbons (Fsp3) is 0.200. The molecule has 0 unspecified atom stereocenters. The molecule has 0 radical (unpaired) electrons. The minimum atomic E-state index is 0.405. The highest BCUT2D eigenvalue weighted by Gasteiger charge is 2.03. The van der Waals surface area contributed by atoms with E-state index in [1.807, 2.05) is 30.3 Å². The molecular weight excluding hydrogens is 328 g/mol. The molecule has 2 aromatic carbocycles. The van der Waals surface area contributed by atoms with Crippen LogP contribution in [0.5, 0.6) is 0 Å². The summed E-state index contributed by atoms with van der Waals surface area (Å²) in [4.78, 5) is 9.02. The summed E-state index contributed by atoms with van der Waals surface area (Å²) in [7, 11) is 0. The van der Waals surface area contributed by atoms with Crippen LogP contribution in [0.1, 0.15) is 21.8 Å². The smallest absolute Gasteiger partial charge is 0.193 e. The quantitative estimate of drug-likeness (QED) is 0.518. The van der Waals surface area contributed by atoms with Gasteiger partial charge in [-0.15, -0.1) is 11.3 Å². The van der Waals surface area contributed by atoms with E-state index in [1.165, 1.54) is 11.1 Å². The number of guanidine groups is 1. The van der Waals surface area contributed by atoms with Gasteiger partial charge in [-0.2, -0.15) is 0 Å². The van der Waals surface area contributed by atoms with Crippen molar-refractivity contribution in [3.8, 4) is 0 Å². The maximum atomic E-state index is 5.95. The van der Waals surface area contributed by atoms with Crippen LogP contribution in [-0.4, -0.2) is 10.9 Å². The average molecular weight is 350 g/mol. The lowest BCUT2D eigenvalue weighted by atomic mass is 10.1. The minimum Gasteiger partial charge on any atom is -0.370 e. The van der Waals surface area contributed by atoms with Crippen LogP contribution in [0.25, 0.3) is 0 Å². The molecule has 0 atom stereocenters. The van der Waals surface area contributed by atoms with Gasteiger partial charge in [0.15, 0.2) is 5.96 Å². The van der Waals surface area contributed by atoms with Gasteiger partial charge in [-0.05, 0) is 31.0 Å². The number of aliphatic imine (C=N–C) groups is 1. The van der Waals surface area contributed by atoms with Crippen LogP contribution < -0.4 is 11.1 Å². The van der Waals surface area contributed by atoms with E-state index in [-0.39, 0.29) is 0 Å². The lowest BCUT2D eigenvalue weighted by molar-refractivity contribution is 0.913. The van der Waals surface area contributed by atoms with Crippen molar-refractivity contribution in [3.05, 3.63) is 81.8 Å². The molecule has 0 saturated carbocycles. The molecule has 0 aliphatic carbocycles. The minimum absolute atomic E-state index is 0.405. The molecule has 3 rings (SSSR count). The Morgan fingerprint density at radius 2 is 1.84 bits per heavy atom. The Labute approximate surface area is 152 Å². The maximum absolute atomic E-state index is 5.95. The van der Waals surface area contributed by atoms with Gasteiger partial charge in [0.2, 0.25) is 0 Å². The highest BCUT2D eigenvalue weighted by Crippen LogP contribution is 2.14. The van der Waals surface area contributed by atoms with Gasteiger partial charge in [0.1, 0.15) is 0 Å².